The van der Waals surface area contributed by atoms with Gasteiger partial charge < -0.3 is 53.2 Å². The molecule has 5 rings (SSSR count). The van der Waals surface area contributed by atoms with Crippen LogP contribution in [0, 0.1) is 0 Å². The number of hydrogen-bond donors (Lipinski definition) is 8. The second kappa shape index (κ2) is 23.8. The molecule has 2 aliphatic rings. The van der Waals surface area contributed by atoms with E-state index in [4.69, 9.17) is 22.9 Å². The predicted molar refractivity (Wildman–Crippen MR) is 218 cm³/mol. The van der Waals surface area contributed by atoms with Crippen LogP contribution in [0.3, 0.4) is 0 Å². The maximum absolute atomic E-state index is 12.1. The molecule has 0 radical (unpaired) electrons. The monoisotopic (exact) mass is 801 g/mol. The highest BCUT2D eigenvalue weighted by molar-refractivity contribution is 5.97. The van der Waals surface area contributed by atoms with Gasteiger partial charge >= 0.3 is 0 Å². The molecule has 0 bridgehead atoms. The largest absolute Gasteiger partial charge is 0.507 e. The molecular weight excluding hydrogens is 742 g/mol. The van der Waals surface area contributed by atoms with Gasteiger partial charge in [0.05, 0.1) is 41.6 Å². The number of imidazole rings is 1. The Morgan fingerprint density at radius 2 is 1.50 bits per heavy atom. The predicted octanol–water partition coefficient (Wildman–Crippen LogP) is 2.87. The number of ketones is 1. The van der Waals surface area contributed by atoms with Gasteiger partial charge in [0.1, 0.15) is 29.1 Å². The Balaban J connectivity index is 0.000000415. The summed E-state index contributed by atoms with van der Waals surface area (Å²) in [6.07, 6.45) is 5.31. The van der Waals surface area contributed by atoms with Crippen molar-refractivity contribution < 1.29 is 34.2 Å². The first kappa shape index (κ1) is 49.0. The van der Waals surface area contributed by atoms with Crippen LogP contribution in [0.5, 0.6) is 11.5 Å². The molecule has 0 saturated carbocycles. The van der Waals surface area contributed by atoms with Crippen molar-refractivity contribution in [2.45, 2.75) is 103 Å². The average Bonchev–Trinajstić information content (AvgIpc) is 3.86. The van der Waals surface area contributed by atoms with Gasteiger partial charge in [-0.1, -0.05) is 52.5 Å². The number of aromatic nitrogens is 2. The fraction of sp³-hybridized carbons (Fsp3) is 0.487. The van der Waals surface area contributed by atoms with Gasteiger partial charge in [0.15, 0.2) is 0 Å². The van der Waals surface area contributed by atoms with Crippen LogP contribution in [0.15, 0.2) is 54.7 Å². The number of carbonyl (C=O) groups is 5. The van der Waals surface area contributed by atoms with Gasteiger partial charge in [0, 0.05) is 38.0 Å². The first-order chi connectivity index (χ1) is 25.7. The van der Waals surface area contributed by atoms with Crippen molar-refractivity contribution in [3.05, 3.63) is 66.1 Å². The van der Waals surface area contributed by atoms with Crippen molar-refractivity contribution in [1.29, 1.82) is 0 Å². The lowest BCUT2D eigenvalue weighted by molar-refractivity contribution is -0.138. The first-order valence-corrected chi connectivity index (χ1v) is 18.3. The Kier molecular flexibility index (Phi) is 20.8. The number of carbonyl (C=O) groups excluding carboxylic acids is 5. The smallest absolute Gasteiger partial charge is 0.257 e. The summed E-state index contributed by atoms with van der Waals surface area (Å²) in [5.74, 6) is -0.229. The Morgan fingerprint density at radius 1 is 0.893 bits per heavy atom. The number of rotatable bonds is 13. The van der Waals surface area contributed by atoms with E-state index in [1.54, 1.807) is 41.4 Å². The van der Waals surface area contributed by atoms with Gasteiger partial charge in [-0.25, -0.2) is 4.98 Å². The summed E-state index contributed by atoms with van der Waals surface area (Å²) >= 11 is 0. The van der Waals surface area contributed by atoms with Crippen molar-refractivity contribution in [2.75, 3.05) is 19.6 Å². The van der Waals surface area contributed by atoms with E-state index in [9.17, 15) is 34.2 Å². The number of nitrogens with two attached hydrogens (primary N) is 4. The molecule has 2 aliphatic heterocycles. The Morgan fingerprint density at radius 3 is 2.07 bits per heavy atom. The number of nitrogens with zero attached hydrogens (tertiary/aromatic N) is 3. The van der Waals surface area contributed by atoms with E-state index < -0.39 is 24.0 Å². The van der Waals surface area contributed by atoms with Crippen LogP contribution >= 0.6 is 12.4 Å². The normalized spacial score (nSPS) is 16.1. The number of benzene rings is 2. The van der Waals surface area contributed by atoms with Crippen LogP contribution in [-0.4, -0.2) is 103 Å². The number of H-pyrrole nitrogens is 1. The number of aromatic amines is 1. The highest BCUT2D eigenvalue weighted by Crippen LogP contribution is 2.28. The van der Waals surface area contributed by atoms with Gasteiger partial charge in [0.2, 0.25) is 17.7 Å². The Labute approximate surface area is 335 Å². The minimum Gasteiger partial charge on any atom is -0.507 e. The summed E-state index contributed by atoms with van der Waals surface area (Å²) < 4.78 is 0. The zero-order valence-electron chi connectivity index (χ0n) is 31.6. The van der Waals surface area contributed by atoms with E-state index in [2.05, 4.69) is 15.3 Å². The molecule has 1 unspecified atom stereocenters. The molecule has 2 aromatic carbocycles. The third-order valence-corrected chi connectivity index (χ3v) is 9.35. The number of likely N-dealkylation sites (tertiary alicyclic amines) is 2. The van der Waals surface area contributed by atoms with Crippen molar-refractivity contribution in [3.63, 3.8) is 0 Å². The van der Waals surface area contributed by atoms with Gasteiger partial charge in [0.25, 0.3) is 5.91 Å². The number of phenols is 2. The second-order valence-electron chi connectivity index (χ2n) is 13.3. The number of primary amides is 1. The summed E-state index contributed by atoms with van der Waals surface area (Å²) in [6, 6.07) is 11.9. The van der Waals surface area contributed by atoms with E-state index >= 15 is 0 Å². The standard InChI is InChI=1S/C14H19N3O3.C12H21N3O3.C12H15N3O.CH4.ClH/c1-2-11(15)13(19)16-9-7-17(8-9)14(20)10-5-3-4-6-12(10)18;1-2-8(13)10(16)5-6-11(17)15-7-3-4-9(15)12(14)18;1-2-9(13)12-14-7-10(15-12)8-5-3-4-6-11(8)16;;/h3-6,9,11,18H,2,7-8,15H2,1H3,(H,16,19);8-9H,2-7,13H2,1H3,(H2,14,18);3-7,9,16H,2,13H2,1H3,(H,14,15);1H4;1H/t11-;8-,9?;9-;;/m000../s1. The molecule has 1 aromatic heterocycles. The maximum Gasteiger partial charge on any atom is 0.257 e. The number of amides is 4. The van der Waals surface area contributed by atoms with Crippen molar-refractivity contribution in [1.82, 2.24) is 25.1 Å². The van der Waals surface area contributed by atoms with Gasteiger partial charge in [-0.3, -0.25) is 24.0 Å². The fourth-order valence-electron chi connectivity index (χ4n) is 5.76. The van der Waals surface area contributed by atoms with Crippen LogP contribution in [0.1, 0.15) is 95.4 Å². The molecule has 17 heteroatoms. The zero-order chi connectivity index (χ0) is 39.9. The van der Waals surface area contributed by atoms with Crippen LogP contribution in [0.2, 0.25) is 0 Å². The van der Waals surface area contributed by atoms with Crippen molar-refractivity contribution in [2.24, 2.45) is 22.9 Å². The van der Waals surface area contributed by atoms with E-state index in [-0.39, 0.29) is 85.3 Å². The van der Waals surface area contributed by atoms with Crippen LogP contribution < -0.4 is 28.3 Å². The van der Waals surface area contributed by atoms with E-state index in [1.165, 1.54) is 11.0 Å². The highest BCUT2D eigenvalue weighted by atomic mass is 35.5. The van der Waals surface area contributed by atoms with Gasteiger partial charge in [-0.05, 0) is 56.4 Å². The minimum absolute atomic E-state index is 0. The number of hydrogen-bond acceptors (Lipinski definition) is 11. The number of aromatic hydroxyl groups is 2. The topological polar surface area (TPSA) is 277 Å². The molecular formula is C39H60ClN9O7. The lowest BCUT2D eigenvalue weighted by Crippen LogP contribution is -2.62. The van der Waals surface area contributed by atoms with Crippen molar-refractivity contribution in [3.8, 4) is 22.8 Å². The SMILES string of the molecule is C.CC[C@H](N)C(=O)CCC(=O)N1CCCC1C(N)=O.CC[C@H](N)C(=O)NC1CN(C(=O)c2ccccc2O)C1.CC[C@H](N)c1ncc(-c2ccccc2O)[nH]1.Cl. The molecule has 0 spiro atoms. The molecule has 2 fully saturated rings. The van der Waals surface area contributed by atoms with E-state index in [0.29, 0.717) is 38.9 Å². The van der Waals surface area contributed by atoms with Gasteiger partial charge in [-0.2, -0.15) is 0 Å². The minimum atomic E-state index is -0.507. The first-order valence-electron chi connectivity index (χ1n) is 18.3. The lowest BCUT2D eigenvalue weighted by Gasteiger charge is -2.40. The fourth-order valence-corrected chi connectivity index (χ4v) is 5.76. The molecule has 3 aromatic rings. The van der Waals surface area contributed by atoms with E-state index in [0.717, 1.165) is 29.9 Å². The van der Waals surface area contributed by atoms with Crippen molar-refractivity contribution >= 4 is 41.8 Å². The third-order valence-electron chi connectivity index (χ3n) is 9.35. The highest BCUT2D eigenvalue weighted by Gasteiger charge is 2.34. The Bertz CT molecular complexity index is 1730. The van der Waals surface area contributed by atoms with Crippen LogP contribution in [-0.2, 0) is 19.2 Å². The van der Waals surface area contributed by atoms with Crippen LogP contribution in [0.25, 0.3) is 11.3 Å². The summed E-state index contributed by atoms with van der Waals surface area (Å²) in [4.78, 5) is 68.7. The second-order valence-corrected chi connectivity index (χ2v) is 13.3. The summed E-state index contributed by atoms with van der Waals surface area (Å²) in [5, 5.41) is 22.1. The maximum atomic E-state index is 12.1. The molecule has 4 atom stereocenters. The number of para-hydroxylation sites is 2. The molecule has 0 aliphatic carbocycles. The van der Waals surface area contributed by atoms with E-state index in [1.807, 2.05) is 32.9 Å². The summed E-state index contributed by atoms with van der Waals surface area (Å²) in [6.45, 7) is 7.10. The average molecular weight is 802 g/mol. The quantitative estimate of drug-likeness (QED) is 0.124. The molecule has 56 heavy (non-hydrogen) atoms. The molecule has 3 heterocycles. The lowest BCUT2D eigenvalue weighted by atomic mass is 10.1. The third kappa shape index (κ3) is 13.6. The molecule has 12 N–H and O–H groups in total. The molecule has 2 saturated heterocycles. The van der Waals surface area contributed by atoms with Crippen LogP contribution in [0.4, 0.5) is 0 Å². The molecule has 4 amide bonds. The molecule has 16 nitrogen and oxygen atoms in total. The summed E-state index contributed by atoms with van der Waals surface area (Å²) in [5.41, 5.74) is 24.1. The number of nitrogens with one attached hydrogen (secondary N) is 2. The Hall–Kier alpha value is -5.03. The van der Waals surface area contributed by atoms with Gasteiger partial charge in [-0.15, -0.1) is 12.4 Å². The zero-order valence-corrected chi connectivity index (χ0v) is 32.5. The number of phenolic OH excluding ortho intramolecular Hbond substituents is 2. The number of halogens is 1. The molecule has 310 valence electrons. The summed E-state index contributed by atoms with van der Waals surface area (Å²) in [7, 11) is 0. The number of Topliss-reactive ketones (excluding diaryl/α,β-unsaturated/α-hetero) is 1.